The number of anilines is 2. The van der Waals surface area contributed by atoms with Crippen molar-refractivity contribution in [3.05, 3.63) is 76.8 Å². The Hall–Kier alpha value is -2.39. The van der Waals surface area contributed by atoms with Gasteiger partial charge in [0.25, 0.3) is 10.0 Å². The highest BCUT2D eigenvalue weighted by atomic mass is 35.5. The number of carbonyl (C=O) groups is 1. The minimum Gasteiger partial charge on any atom is -0.497 e. The van der Waals surface area contributed by atoms with Gasteiger partial charge in [-0.15, -0.1) is 11.8 Å². The molecule has 0 saturated heterocycles. The van der Waals surface area contributed by atoms with Crippen molar-refractivity contribution in [1.82, 2.24) is 0 Å². The van der Waals surface area contributed by atoms with Gasteiger partial charge in [0.2, 0.25) is 5.91 Å². The van der Waals surface area contributed by atoms with E-state index in [2.05, 4.69) is 10.0 Å². The third-order valence-electron chi connectivity index (χ3n) is 4.29. The zero-order valence-electron chi connectivity index (χ0n) is 17.1. The fraction of sp³-hybridized carbons (Fsp3) is 0.136. The highest BCUT2D eigenvalue weighted by Gasteiger charge is 2.17. The Balaban J connectivity index is 1.63. The quantitative estimate of drug-likeness (QED) is 0.367. The summed E-state index contributed by atoms with van der Waals surface area (Å²) in [6.45, 7) is 1.79. The summed E-state index contributed by atoms with van der Waals surface area (Å²) < 4.78 is 32.8. The van der Waals surface area contributed by atoms with Crippen LogP contribution in [0.1, 0.15) is 6.92 Å². The van der Waals surface area contributed by atoms with Gasteiger partial charge in [-0.25, -0.2) is 8.42 Å². The molecule has 2 N–H and O–H groups in total. The van der Waals surface area contributed by atoms with Gasteiger partial charge in [-0.05, 0) is 73.7 Å². The van der Waals surface area contributed by atoms with Crippen LogP contribution in [0.25, 0.3) is 0 Å². The van der Waals surface area contributed by atoms with Gasteiger partial charge in [-0.1, -0.05) is 23.2 Å². The maximum absolute atomic E-state index is 12.6. The second-order valence-electron chi connectivity index (χ2n) is 6.71. The van der Waals surface area contributed by atoms with Crippen LogP contribution in [0, 0.1) is 0 Å². The molecule has 3 rings (SSSR count). The van der Waals surface area contributed by atoms with Crippen LogP contribution < -0.4 is 14.8 Å². The minimum atomic E-state index is -3.85. The summed E-state index contributed by atoms with van der Waals surface area (Å²) in [5, 5.41) is 3.06. The molecule has 0 fully saturated rings. The number of amides is 1. The van der Waals surface area contributed by atoms with E-state index in [9.17, 15) is 13.2 Å². The average Bonchev–Trinajstić information content (AvgIpc) is 2.73. The Kier molecular flexibility index (Phi) is 7.95. The molecular weight excluding hydrogens is 491 g/mol. The Morgan fingerprint density at radius 2 is 1.53 bits per heavy atom. The Morgan fingerprint density at radius 3 is 2.09 bits per heavy atom. The van der Waals surface area contributed by atoms with Gasteiger partial charge >= 0.3 is 0 Å². The molecule has 0 aromatic heterocycles. The number of halogens is 2. The number of sulfonamides is 1. The first-order valence-corrected chi connectivity index (χ1v) is 12.5. The van der Waals surface area contributed by atoms with Crippen molar-refractivity contribution in [2.45, 2.75) is 22.0 Å². The first kappa shape index (κ1) is 24.3. The lowest BCUT2D eigenvalue weighted by atomic mass is 10.3. The van der Waals surface area contributed by atoms with E-state index >= 15 is 0 Å². The zero-order valence-corrected chi connectivity index (χ0v) is 20.3. The highest BCUT2D eigenvalue weighted by Crippen LogP contribution is 2.27. The monoisotopic (exact) mass is 510 g/mol. The normalized spacial score (nSPS) is 12.1. The van der Waals surface area contributed by atoms with Crippen LogP contribution in [0.2, 0.25) is 10.0 Å². The molecule has 32 heavy (non-hydrogen) atoms. The SMILES string of the molecule is COc1ccc(S[C@@H](C)C(=O)Nc2ccc(S(=O)(=O)Nc3cc(Cl)cc(Cl)c3)cc2)cc1. The van der Waals surface area contributed by atoms with E-state index in [1.54, 1.807) is 14.0 Å². The molecule has 0 spiro atoms. The van der Waals surface area contributed by atoms with Crippen LogP contribution in [-0.2, 0) is 14.8 Å². The van der Waals surface area contributed by atoms with Gasteiger partial charge in [0.15, 0.2) is 0 Å². The predicted octanol–water partition coefficient (Wildman–Crippen LogP) is 5.92. The van der Waals surface area contributed by atoms with Gasteiger partial charge < -0.3 is 10.1 Å². The molecule has 1 amide bonds. The highest BCUT2D eigenvalue weighted by molar-refractivity contribution is 8.00. The fourth-order valence-electron chi connectivity index (χ4n) is 2.70. The van der Waals surface area contributed by atoms with E-state index < -0.39 is 10.0 Å². The lowest BCUT2D eigenvalue weighted by Gasteiger charge is -2.13. The van der Waals surface area contributed by atoms with Crippen molar-refractivity contribution in [3.63, 3.8) is 0 Å². The Bertz CT molecular complexity index is 1180. The van der Waals surface area contributed by atoms with E-state index in [4.69, 9.17) is 27.9 Å². The Labute approximate surface area is 201 Å². The molecule has 1 atom stereocenters. The number of hydrogen-bond donors (Lipinski definition) is 2. The van der Waals surface area contributed by atoms with Crippen LogP contribution in [0.3, 0.4) is 0 Å². The number of nitrogens with one attached hydrogen (secondary N) is 2. The lowest BCUT2D eigenvalue weighted by molar-refractivity contribution is -0.115. The van der Waals surface area contributed by atoms with E-state index in [0.29, 0.717) is 15.7 Å². The molecular formula is C22H20Cl2N2O4S2. The lowest BCUT2D eigenvalue weighted by Crippen LogP contribution is -2.22. The third kappa shape index (κ3) is 6.56. The summed E-state index contributed by atoms with van der Waals surface area (Å²) in [5.74, 6) is 0.544. The summed E-state index contributed by atoms with van der Waals surface area (Å²) in [6.07, 6.45) is 0. The number of methoxy groups -OCH3 is 1. The molecule has 6 nitrogen and oxygen atoms in total. The smallest absolute Gasteiger partial charge is 0.261 e. The first-order valence-electron chi connectivity index (χ1n) is 9.37. The number of rotatable bonds is 8. The first-order chi connectivity index (χ1) is 15.2. The summed E-state index contributed by atoms with van der Waals surface area (Å²) in [5.41, 5.74) is 0.742. The van der Waals surface area contributed by atoms with Crippen molar-refractivity contribution in [1.29, 1.82) is 0 Å². The Morgan fingerprint density at radius 1 is 0.938 bits per heavy atom. The topological polar surface area (TPSA) is 84.5 Å². The summed E-state index contributed by atoms with van der Waals surface area (Å²) in [6, 6.07) is 17.7. The molecule has 0 heterocycles. The average molecular weight is 511 g/mol. The van der Waals surface area contributed by atoms with Crippen LogP contribution in [0.5, 0.6) is 5.75 Å². The standard InChI is InChI=1S/C22H20Cl2N2O4S2/c1-14(31-20-7-5-19(30-2)6-8-20)22(27)25-17-3-9-21(10-4-17)32(28,29)26-18-12-15(23)11-16(24)13-18/h3-14,26H,1-2H3,(H,25,27)/t14-/m0/s1. The van der Waals surface area contributed by atoms with E-state index in [1.165, 1.54) is 54.2 Å². The molecule has 0 aliphatic rings. The van der Waals surface area contributed by atoms with E-state index in [-0.39, 0.29) is 21.7 Å². The zero-order chi connectivity index (χ0) is 23.3. The van der Waals surface area contributed by atoms with Crippen LogP contribution in [-0.4, -0.2) is 26.7 Å². The predicted molar refractivity (Wildman–Crippen MR) is 131 cm³/mol. The number of hydrogen-bond acceptors (Lipinski definition) is 5. The van der Waals surface area contributed by atoms with E-state index in [0.717, 1.165) is 10.6 Å². The van der Waals surface area contributed by atoms with Gasteiger partial charge in [0.05, 0.1) is 22.9 Å². The summed E-state index contributed by atoms with van der Waals surface area (Å²) >= 11 is 13.2. The molecule has 0 bridgehead atoms. The van der Waals surface area contributed by atoms with Crippen LogP contribution in [0.15, 0.2) is 76.5 Å². The maximum atomic E-state index is 12.6. The number of thioether (sulfide) groups is 1. The molecule has 10 heteroatoms. The minimum absolute atomic E-state index is 0.0345. The number of ether oxygens (including phenoxy) is 1. The van der Waals surface area contributed by atoms with Gasteiger partial charge in [-0.2, -0.15) is 0 Å². The molecule has 0 unspecified atom stereocenters. The molecule has 0 aliphatic heterocycles. The third-order valence-corrected chi connectivity index (χ3v) is 7.23. The van der Waals surface area contributed by atoms with Crippen molar-refractivity contribution in [3.8, 4) is 5.75 Å². The molecule has 0 radical (unpaired) electrons. The molecule has 0 aliphatic carbocycles. The van der Waals surface area contributed by atoms with Crippen LogP contribution >= 0.6 is 35.0 Å². The van der Waals surface area contributed by atoms with Gasteiger partial charge in [0, 0.05) is 20.6 Å². The number of benzene rings is 3. The van der Waals surface area contributed by atoms with E-state index in [1.807, 2.05) is 24.3 Å². The summed E-state index contributed by atoms with van der Waals surface area (Å²) in [7, 11) is -2.25. The van der Waals surface area contributed by atoms with Crippen molar-refractivity contribution < 1.29 is 17.9 Å². The maximum Gasteiger partial charge on any atom is 0.261 e. The van der Waals surface area contributed by atoms with Crippen LogP contribution in [0.4, 0.5) is 11.4 Å². The van der Waals surface area contributed by atoms with Gasteiger partial charge in [0.1, 0.15) is 5.75 Å². The van der Waals surface area contributed by atoms with Gasteiger partial charge in [-0.3, -0.25) is 9.52 Å². The van der Waals surface area contributed by atoms with Crippen molar-refractivity contribution >= 4 is 62.3 Å². The largest absolute Gasteiger partial charge is 0.497 e. The second-order valence-corrected chi connectivity index (χ2v) is 10.7. The van der Waals surface area contributed by atoms with Crippen molar-refractivity contribution in [2.75, 3.05) is 17.1 Å². The molecule has 3 aromatic carbocycles. The van der Waals surface area contributed by atoms with Crippen molar-refractivity contribution in [2.24, 2.45) is 0 Å². The molecule has 168 valence electrons. The molecule has 3 aromatic rings. The molecule has 0 saturated carbocycles. The summed E-state index contributed by atoms with van der Waals surface area (Å²) in [4.78, 5) is 13.5. The fourth-order valence-corrected chi connectivity index (χ4v) is 5.13. The number of carbonyl (C=O) groups excluding carboxylic acids is 1. The second kappa shape index (κ2) is 10.5.